The van der Waals surface area contributed by atoms with Crippen LogP contribution in [-0.2, 0) is 14.8 Å². The van der Waals surface area contributed by atoms with Crippen LogP contribution in [0.25, 0.3) is 16.5 Å². The summed E-state index contributed by atoms with van der Waals surface area (Å²) in [5.74, 6) is 0.00292. The smallest absolute Gasteiger partial charge is 0.293 e. The molecule has 0 bridgehead atoms. The van der Waals surface area contributed by atoms with Crippen molar-refractivity contribution >= 4 is 72.4 Å². The fourth-order valence-corrected chi connectivity index (χ4v) is 10.5. The number of sulfonamides is 1. The van der Waals surface area contributed by atoms with Crippen LogP contribution < -0.4 is 24.6 Å². The van der Waals surface area contributed by atoms with E-state index in [9.17, 15) is 23.3 Å². The Labute approximate surface area is 377 Å². The zero-order valence-electron chi connectivity index (χ0n) is 36.1. The summed E-state index contributed by atoms with van der Waals surface area (Å²) in [6, 6.07) is 21.1. The van der Waals surface area contributed by atoms with Crippen molar-refractivity contribution in [3.63, 3.8) is 0 Å². The summed E-state index contributed by atoms with van der Waals surface area (Å²) in [6.45, 7) is 11.2. The molecule has 9 rings (SSSR count). The number of aromatic nitrogens is 2. The monoisotopic (exact) mass is 908 g/mol. The van der Waals surface area contributed by atoms with Gasteiger partial charge in [0.2, 0.25) is 0 Å². The van der Waals surface area contributed by atoms with Crippen molar-refractivity contribution in [3.05, 3.63) is 111 Å². The third-order valence-corrected chi connectivity index (χ3v) is 14.6. The van der Waals surface area contributed by atoms with Crippen molar-refractivity contribution in [2.75, 3.05) is 80.8 Å². The highest BCUT2D eigenvalue weighted by Gasteiger charge is 2.32. The molecule has 4 aromatic carbocycles. The Morgan fingerprint density at radius 1 is 0.969 bits per heavy atom. The number of halogens is 1. The van der Waals surface area contributed by atoms with Gasteiger partial charge < -0.3 is 24.6 Å². The molecule has 0 saturated carbocycles. The standard InChI is InChI=1S/C47H53ClN8O7S/c1-47(2)14-11-33(39(27-47)32-3-5-35(48)6-4-32)30-53-15-17-54(18-16-53)36-7-9-38(42(24-36)55-19-22-63-45-26-41-34(23-44(45)55)29-50-51-41)46(57)52-64(60,61)37-8-10-40(43(25-37)56(58)59)49-28-31-12-20-62-21-13-31/h3-10,23-26,29,31,49H,11-22,27-28,30H2,1-2H3,(H,50,51)(H,52,57). The predicted octanol–water partition coefficient (Wildman–Crippen LogP) is 8.40. The molecule has 1 aliphatic carbocycles. The van der Waals surface area contributed by atoms with E-state index in [1.165, 1.54) is 28.8 Å². The van der Waals surface area contributed by atoms with Gasteiger partial charge in [-0.05, 0) is 103 Å². The van der Waals surface area contributed by atoms with Crippen LogP contribution in [0.2, 0.25) is 5.02 Å². The lowest BCUT2D eigenvalue weighted by atomic mass is 9.72. The van der Waals surface area contributed by atoms with Crippen molar-refractivity contribution in [1.82, 2.24) is 19.8 Å². The van der Waals surface area contributed by atoms with Crippen molar-refractivity contribution in [3.8, 4) is 5.75 Å². The number of nitrogens with one attached hydrogen (secondary N) is 3. The number of amides is 1. The average Bonchev–Trinajstić information content (AvgIpc) is 3.76. The molecule has 1 aromatic heterocycles. The van der Waals surface area contributed by atoms with Gasteiger partial charge in [0.25, 0.3) is 21.6 Å². The van der Waals surface area contributed by atoms with Crippen LogP contribution in [0.1, 0.15) is 61.9 Å². The summed E-state index contributed by atoms with van der Waals surface area (Å²) in [6.07, 6.45) is 6.58. The van der Waals surface area contributed by atoms with Crippen LogP contribution in [-0.4, -0.2) is 100.0 Å². The average molecular weight is 910 g/mol. The molecule has 15 nitrogen and oxygen atoms in total. The van der Waals surface area contributed by atoms with Gasteiger partial charge in [-0.3, -0.25) is 24.9 Å². The maximum absolute atomic E-state index is 14.3. The largest absolute Gasteiger partial charge is 0.489 e. The van der Waals surface area contributed by atoms with E-state index in [-0.39, 0.29) is 22.6 Å². The molecule has 5 aromatic rings. The first-order valence-electron chi connectivity index (χ1n) is 21.9. The summed E-state index contributed by atoms with van der Waals surface area (Å²) < 4.78 is 41.5. The Morgan fingerprint density at radius 2 is 1.75 bits per heavy atom. The number of aromatic amines is 1. The number of nitro benzene ring substituents is 1. The van der Waals surface area contributed by atoms with Crippen LogP contribution in [0.3, 0.4) is 0 Å². The summed E-state index contributed by atoms with van der Waals surface area (Å²) in [7, 11) is -4.55. The van der Waals surface area contributed by atoms with Crippen molar-refractivity contribution in [2.24, 2.45) is 11.3 Å². The van der Waals surface area contributed by atoms with Gasteiger partial charge in [-0.25, -0.2) is 13.1 Å². The van der Waals surface area contributed by atoms with Gasteiger partial charge in [0, 0.05) is 80.7 Å². The first kappa shape index (κ1) is 43.6. The van der Waals surface area contributed by atoms with E-state index < -0.39 is 31.4 Å². The Kier molecular flexibility index (Phi) is 12.3. The molecule has 2 saturated heterocycles. The van der Waals surface area contributed by atoms with Gasteiger partial charge in [0.15, 0.2) is 0 Å². The molecule has 1 amide bonds. The summed E-state index contributed by atoms with van der Waals surface area (Å²) in [5.41, 5.74) is 7.19. The number of allylic oxidation sites excluding steroid dienone is 1. The Morgan fingerprint density at radius 3 is 2.52 bits per heavy atom. The zero-order chi connectivity index (χ0) is 44.6. The van der Waals surface area contributed by atoms with E-state index >= 15 is 0 Å². The molecule has 0 spiro atoms. The fourth-order valence-electron chi connectivity index (χ4n) is 9.35. The third-order valence-electron chi connectivity index (χ3n) is 13.1. The Bertz CT molecular complexity index is 2710. The molecular weight excluding hydrogens is 856 g/mol. The second kappa shape index (κ2) is 18.1. The molecule has 4 aliphatic rings. The zero-order valence-corrected chi connectivity index (χ0v) is 37.6. The number of carbonyl (C=O) groups is 1. The van der Waals surface area contributed by atoms with Crippen LogP contribution in [0.4, 0.5) is 28.4 Å². The molecule has 0 unspecified atom stereocenters. The lowest BCUT2D eigenvalue weighted by molar-refractivity contribution is -0.384. The summed E-state index contributed by atoms with van der Waals surface area (Å²) in [5, 5.41) is 24.0. The van der Waals surface area contributed by atoms with E-state index in [0.717, 1.165) is 92.5 Å². The van der Waals surface area contributed by atoms with Crippen LogP contribution in [0, 0.1) is 21.4 Å². The number of piperazine rings is 1. The quantitative estimate of drug-likeness (QED) is 0.0807. The highest BCUT2D eigenvalue weighted by molar-refractivity contribution is 7.90. The lowest BCUT2D eigenvalue weighted by Crippen LogP contribution is -2.47. The number of ether oxygens (including phenoxy) is 2. The molecule has 0 radical (unpaired) electrons. The third kappa shape index (κ3) is 9.41. The van der Waals surface area contributed by atoms with Crippen LogP contribution in [0.5, 0.6) is 5.75 Å². The number of nitrogens with zero attached hydrogens (tertiary/aromatic N) is 5. The normalized spacial score (nSPS) is 18.4. The van der Waals surface area contributed by atoms with E-state index in [4.69, 9.17) is 21.1 Å². The molecule has 0 atom stereocenters. The maximum Gasteiger partial charge on any atom is 0.293 e. The lowest BCUT2D eigenvalue weighted by Gasteiger charge is -2.40. The molecule has 3 aliphatic heterocycles. The highest BCUT2D eigenvalue weighted by Crippen LogP contribution is 2.44. The number of benzene rings is 4. The number of hydrogen-bond donors (Lipinski definition) is 3. The molecule has 2 fully saturated rings. The number of rotatable bonds is 12. The van der Waals surface area contributed by atoms with E-state index in [0.29, 0.717) is 50.0 Å². The number of nitro groups is 1. The van der Waals surface area contributed by atoms with Crippen molar-refractivity contribution < 1.29 is 27.6 Å². The summed E-state index contributed by atoms with van der Waals surface area (Å²) in [4.78, 5) is 32.3. The van der Waals surface area contributed by atoms with E-state index in [2.05, 4.69) is 56.0 Å². The van der Waals surface area contributed by atoms with Gasteiger partial charge >= 0.3 is 0 Å². The van der Waals surface area contributed by atoms with Gasteiger partial charge in [0.1, 0.15) is 18.0 Å². The minimum Gasteiger partial charge on any atom is -0.489 e. The fraction of sp³-hybridized carbons (Fsp3) is 0.404. The number of fused-ring (bicyclic) bond motifs is 2. The molecule has 17 heteroatoms. The molecule has 4 heterocycles. The number of hydrogen-bond acceptors (Lipinski definition) is 12. The number of anilines is 4. The van der Waals surface area contributed by atoms with Gasteiger partial charge in [0.05, 0.1) is 45.0 Å². The van der Waals surface area contributed by atoms with Crippen molar-refractivity contribution in [2.45, 2.75) is 50.8 Å². The number of carbonyl (C=O) groups excluding carboxylic acids is 1. The SMILES string of the molecule is CC1(C)CCC(CN2CCN(c3ccc(C(=O)NS(=O)(=O)c4ccc(NCC5CCOCC5)c([N+](=O)[O-])c4)c(N4CCOc5cc6[nH]ncc6cc54)c3)CC2)=C(c2ccc(Cl)cc2)C1. The van der Waals surface area contributed by atoms with Crippen LogP contribution in [0.15, 0.2) is 89.5 Å². The van der Waals surface area contributed by atoms with Crippen molar-refractivity contribution in [1.29, 1.82) is 0 Å². The topological polar surface area (TPSA) is 175 Å². The summed E-state index contributed by atoms with van der Waals surface area (Å²) >= 11 is 6.26. The van der Waals surface area contributed by atoms with Gasteiger partial charge in [-0.2, -0.15) is 5.10 Å². The molecule has 64 heavy (non-hydrogen) atoms. The Balaban J connectivity index is 0.975. The second-order valence-corrected chi connectivity index (χ2v) is 20.1. The van der Waals surface area contributed by atoms with E-state index in [1.54, 1.807) is 12.3 Å². The predicted molar refractivity (Wildman–Crippen MR) is 249 cm³/mol. The second-order valence-electron chi connectivity index (χ2n) is 18.0. The molecular formula is C47H53ClN8O7S. The minimum atomic E-state index is -4.55. The van der Waals surface area contributed by atoms with Gasteiger partial charge in [-0.1, -0.05) is 43.2 Å². The van der Waals surface area contributed by atoms with Crippen LogP contribution >= 0.6 is 11.6 Å². The Hall–Kier alpha value is -5.68. The first-order chi connectivity index (χ1) is 30.8. The molecule has 336 valence electrons. The minimum absolute atomic E-state index is 0.122. The number of H-pyrrole nitrogens is 1. The molecule has 3 N–H and O–H groups in total. The van der Waals surface area contributed by atoms with Gasteiger partial charge in [-0.15, -0.1) is 0 Å². The maximum atomic E-state index is 14.3. The first-order valence-corrected chi connectivity index (χ1v) is 23.8. The van der Waals surface area contributed by atoms with E-state index in [1.807, 2.05) is 41.3 Å². The highest BCUT2D eigenvalue weighted by atomic mass is 35.5.